The molecule has 1 aliphatic rings. The molecule has 2 aromatic carbocycles. The molecule has 1 atom stereocenters. The van der Waals surface area contributed by atoms with Gasteiger partial charge in [-0.1, -0.05) is 70.0 Å². The quantitative estimate of drug-likeness (QED) is 0.519. The zero-order valence-electron chi connectivity index (χ0n) is 23.0. The molecule has 0 unspecified atom stereocenters. The molecular weight excluding hydrogens is 486 g/mol. The number of hydrogen-bond acceptors (Lipinski definition) is 4. The Balaban J connectivity index is 1.89. The summed E-state index contributed by atoms with van der Waals surface area (Å²) < 4.78 is 26.7. The first kappa shape index (κ1) is 28.7. The number of amides is 2. The van der Waals surface area contributed by atoms with Crippen molar-refractivity contribution in [3.8, 4) is 0 Å². The van der Waals surface area contributed by atoms with Gasteiger partial charge in [0.05, 0.1) is 11.9 Å². The lowest BCUT2D eigenvalue weighted by molar-refractivity contribution is -0.139. The van der Waals surface area contributed by atoms with Gasteiger partial charge in [0.25, 0.3) is 0 Å². The summed E-state index contributed by atoms with van der Waals surface area (Å²) >= 11 is 0. The minimum atomic E-state index is -3.76. The fraction of sp³-hybridized carbons (Fsp3) is 0.517. The van der Waals surface area contributed by atoms with Crippen LogP contribution in [-0.2, 0) is 31.6 Å². The molecule has 1 aliphatic carbocycles. The molecule has 0 radical (unpaired) electrons. The molecule has 0 aliphatic heterocycles. The van der Waals surface area contributed by atoms with Gasteiger partial charge in [-0.25, -0.2) is 8.42 Å². The Bertz CT molecular complexity index is 1200. The number of hydrogen-bond donors (Lipinski definition) is 1. The molecule has 2 amide bonds. The number of aryl methyl sites for hydroxylation is 1. The van der Waals surface area contributed by atoms with E-state index in [9.17, 15) is 18.0 Å². The lowest BCUT2D eigenvalue weighted by Gasteiger charge is -2.32. The molecule has 3 rings (SSSR count). The molecule has 7 nitrogen and oxygen atoms in total. The lowest BCUT2D eigenvalue weighted by atomic mass is 9.87. The SMILES string of the molecule is Cc1ccccc1CN(C(=O)CN(c1ccc(C(C)(C)C)cc1)S(C)(=O)=O)[C@H](C)C(=O)NC1CCCC1. The van der Waals surface area contributed by atoms with E-state index in [4.69, 9.17) is 0 Å². The molecule has 37 heavy (non-hydrogen) atoms. The average molecular weight is 528 g/mol. The summed E-state index contributed by atoms with van der Waals surface area (Å²) in [6.45, 7) is 9.75. The van der Waals surface area contributed by atoms with Crippen molar-refractivity contribution in [2.45, 2.75) is 84.3 Å². The Morgan fingerprint density at radius 2 is 1.62 bits per heavy atom. The smallest absolute Gasteiger partial charge is 0.244 e. The average Bonchev–Trinajstić information content (AvgIpc) is 3.33. The third-order valence-electron chi connectivity index (χ3n) is 7.17. The van der Waals surface area contributed by atoms with Crippen LogP contribution in [0, 0.1) is 6.92 Å². The van der Waals surface area contributed by atoms with Gasteiger partial charge in [0.1, 0.15) is 12.6 Å². The Morgan fingerprint density at radius 1 is 1.03 bits per heavy atom. The normalized spacial score (nSPS) is 15.3. The van der Waals surface area contributed by atoms with Crippen molar-refractivity contribution in [2.75, 3.05) is 17.1 Å². The van der Waals surface area contributed by atoms with Crippen LogP contribution in [0.2, 0.25) is 0 Å². The monoisotopic (exact) mass is 527 g/mol. The number of carbonyl (C=O) groups is 2. The van der Waals surface area contributed by atoms with Crippen LogP contribution in [0.15, 0.2) is 48.5 Å². The molecule has 0 heterocycles. The van der Waals surface area contributed by atoms with Crippen molar-refractivity contribution in [3.63, 3.8) is 0 Å². The predicted molar refractivity (Wildman–Crippen MR) is 149 cm³/mol. The highest BCUT2D eigenvalue weighted by molar-refractivity contribution is 7.92. The minimum absolute atomic E-state index is 0.0866. The molecule has 1 N–H and O–H groups in total. The summed E-state index contributed by atoms with van der Waals surface area (Å²) in [5.41, 5.74) is 3.31. The maximum atomic E-state index is 13.7. The molecule has 0 aromatic heterocycles. The fourth-order valence-electron chi connectivity index (χ4n) is 4.69. The second kappa shape index (κ2) is 11.7. The molecule has 0 spiro atoms. The van der Waals surface area contributed by atoms with Gasteiger partial charge in [0, 0.05) is 12.6 Å². The van der Waals surface area contributed by atoms with Crippen LogP contribution < -0.4 is 9.62 Å². The van der Waals surface area contributed by atoms with E-state index >= 15 is 0 Å². The molecule has 8 heteroatoms. The van der Waals surface area contributed by atoms with E-state index in [-0.39, 0.29) is 30.5 Å². The Morgan fingerprint density at radius 3 is 2.16 bits per heavy atom. The topological polar surface area (TPSA) is 86.8 Å². The first-order valence-corrected chi connectivity index (χ1v) is 14.8. The summed E-state index contributed by atoms with van der Waals surface area (Å²) in [5, 5.41) is 3.09. The first-order chi connectivity index (χ1) is 17.3. The standard InChI is InChI=1S/C29H41N3O4S/c1-21-11-7-8-12-23(21)19-31(22(2)28(34)30-25-13-9-10-14-25)27(33)20-32(37(6,35)36)26-17-15-24(16-18-26)29(3,4)5/h7-8,11-12,15-18,22,25H,9-10,13-14,19-20H2,1-6H3,(H,30,34)/t22-/m1/s1. The molecule has 202 valence electrons. The van der Waals surface area contributed by atoms with E-state index in [1.54, 1.807) is 19.1 Å². The van der Waals surface area contributed by atoms with Gasteiger partial charge in [0.15, 0.2) is 0 Å². The van der Waals surface area contributed by atoms with Gasteiger partial charge in [-0.05, 0) is 60.9 Å². The van der Waals surface area contributed by atoms with Crippen molar-refractivity contribution < 1.29 is 18.0 Å². The van der Waals surface area contributed by atoms with Crippen molar-refractivity contribution in [1.29, 1.82) is 0 Å². The Hall–Kier alpha value is -2.87. The molecular formula is C29H41N3O4S. The molecule has 1 saturated carbocycles. The highest BCUT2D eigenvalue weighted by Gasteiger charge is 2.31. The van der Waals surface area contributed by atoms with E-state index < -0.39 is 22.0 Å². The molecule has 0 saturated heterocycles. The zero-order chi connectivity index (χ0) is 27.4. The van der Waals surface area contributed by atoms with Crippen molar-refractivity contribution in [1.82, 2.24) is 10.2 Å². The zero-order valence-corrected chi connectivity index (χ0v) is 23.8. The number of nitrogens with one attached hydrogen (secondary N) is 1. The third-order valence-corrected chi connectivity index (χ3v) is 8.31. The van der Waals surface area contributed by atoms with Gasteiger partial charge in [0.2, 0.25) is 21.8 Å². The Kier molecular flexibility index (Phi) is 9.05. The second-order valence-electron chi connectivity index (χ2n) is 11.2. The highest BCUT2D eigenvalue weighted by Crippen LogP contribution is 2.26. The van der Waals surface area contributed by atoms with Gasteiger partial charge in [-0.15, -0.1) is 0 Å². The summed E-state index contributed by atoms with van der Waals surface area (Å²) in [7, 11) is -3.76. The summed E-state index contributed by atoms with van der Waals surface area (Å²) in [5.74, 6) is -0.642. The first-order valence-electron chi connectivity index (χ1n) is 13.0. The van der Waals surface area contributed by atoms with Gasteiger partial charge in [-0.2, -0.15) is 0 Å². The van der Waals surface area contributed by atoms with E-state index in [0.29, 0.717) is 5.69 Å². The summed E-state index contributed by atoms with van der Waals surface area (Å²) in [6.07, 6.45) is 5.15. The molecule has 1 fully saturated rings. The van der Waals surface area contributed by atoms with Crippen molar-refractivity contribution in [3.05, 3.63) is 65.2 Å². The van der Waals surface area contributed by atoms with Crippen molar-refractivity contribution >= 4 is 27.5 Å². The van der Waals surface area contributed by atoms with E-state index in [1.165, 1.54) is 4.90 Å². The van der Waals surface area contributed by atoms with Crippen LogP contribution in [0.5, 0.6) is 0 Å². The largest absolute Gasteiger partial charge is 0.352 e. The number of nitrogens with zero attached hydrogens (tertiary/aromatic N) is 2. The minimum Gasteiger partial charge on any atom is -0.352 e. The number of rotatable bonds is 9. The van der Waals surface area contributed by atoms with Crippen LogP contribution >= 0.6 is 0 Å². The molecule has 0 bridgehead atoms. The Labute approximate surface area is 222 Å². The van der Waals surface area contributed by atoms with Crippen LogP contribution in [0.25, 0.3) is 0 Å². The van der Waals surface area contributed by atoms with E-state index in [0.717, 1.165) is 52.9 Å². The number of sulfonamides is 1. The highest BCUT2D eigenvalue weighted by atomic mass is 32.2. The van der Waals surface area contributed by atoms with Crippen LogP contribution in [-0.4, -0.2) is 50.0 Å². The van der Waals surface area contributed by atoms with E-state index in [1.807, 2.05) is 43.3 Å². The number of carbonyl (C=O) groups excluding carboxylic acids is 2. The maximum absolute atomic E-state index is 13.7. The third kappa shape index (κ3) is 7.57. The van der Waals surface area contributed by atoms with Crippen LogP contribution in [0.3, 0.4) is 0 Å². The second-order valence-corrected chi connectivity index (χ2v) is 13.1. The van der Waals surface area contributed by atoms with Crippen LogP contribution in [0.4, 0.5) is 5.69 Å². The molecule has 2 aromatic rings. The fourth-order valence-corrected chi connectivity index (χ4v) is 5.54. The van der Waals surface area contributed by atoms with Crippen molar-refractivity contribution in [2.24, 2.45) is 0 Å². The maximum Gasteiger partial charge on any atom is 0.244 e. The van der Waals surface area contributed by atoms with Crippen LogP contribution in [0.1, 0.15) is 70.1 Å². The predicted octanol–water partition coefficient (Wildman–Crippen LogP) is 4.53. The number of benzene rings is 2. The number of anilines is 1. The van der Waals surface area contributed by atoms with Gasteiger partial charge >= 0.3 is 0 Å². The van der Waals surface area contributed by atoms with Gasteiger partial charge in [-0.3, -0.25) is 13.9 Å². The van der Waals surface area contributed by atoms with Gasteiger partial charge < -0.3 is 10.2 Å². The lowest BCUT2D eigenvalue weighted by Crippen LogP contribution is -2.52. The summed E-state index contributed by atoms with van der Waals surface area (Å²) in [4.78, 5) is 28.4. The van der Waals surface area contributed by atoms with E-state index in [2.05, 4.69) is 26.1 Å². The summed E-state index contributed by atoms with van der Waals surface area (Å²) in [6, 6.07) is 14.3.